The summed E-state index contributed by atoms with van der Waals surface area (Å²) in [4.78, 5) is 37.3. The quantitative estimate of drug-likeness (QED) is 0.674. The molecule has 2 aromatic rings. The third-order valence-electron chi connectivity index (χ3n) is 5.27. The molecular formula is C23H29ClN4O3. The first-order valence-corrected chi connectivity index (χ1v) is 10.7. The molecule has 166 valence electrons. The van der Waals surface area contributed by atoms with E-state index in [1.54, 1.807) is 29.1 Å². The van der Waals surface area contributed by atoms with E-state index in [2.05, 4.69) is 9.97 Å². The Bertz CT molecular complexity index is 972. The molecule has 1 aliphatic heterocycles. The van der Waals surface area contributed by atoms with Crippen molar-refractivity contribution in [3.05, 3.63) is 47.0 Å². The summed E-state index contributed by atoms with van der Waals surface area (Å²) in [5.41, 5.74) is 1.93. The summed E-state index contributed by atoms with van der Waals surface area (Å²) in [6, 6.07) is 5.01. The minimum Gasteiger partial charge on any atom is -0.444 e. The lowest BCUT2D eigenvalue weighted by atomic mass is 9.92. The molecule has 1 aliphatic rings. The second kappa shape index (κ2) is 8.83. The summed E-state index contributed by atoms with van der Waals surface area (Å²) in [7, 11) is 0. The highest BCUT2D eigenvalue weighted by Gasteiger charge is 2.40. The first-order chi connectivity index (χ1) is 14.5. The Balaban J connectivity index is 2.01. The molecule has 2 atom stereocenters. The zero-order chi connectivity index (χ0) is 22.9. The van der Waals surface area contributed by atoms with Gasteiger partial charge in [-0.1, -0.05) is 11.6 Å². The van der Waals surface area contributed by atoms with Crippen molar-refractivity contribution in [2.75, 3.05) is 13.1 Å². The highest BCUT2D eigenvalue weighted by molar-refractivity contribution is 6.31. The van der Waals surface area contributed by atoms with Gasteiger partial charge in [0.15, 0.2) is 0 Å². The number of amides is 2. The minimum absolute atomic E-state index is 0.0547. The number of aromatic nitrogens is 2. The number of hydrogen-bond acceptors (Lipinski definition) is 5. The number of piperazine rings is 1. The van der Waals surface area contributed by atoms with E-state index in [0.717, 1.165) is 16.7 Å². The van der Waals surface area contributed by atoms with Gasteiger partial charge in [-0.25, -0.2) is 14.8 Å². The smallest absolute Gasteiger partial charge is 0.410 e. The molecule has 1 saturated heterocycles. The van der Waals surface area contributed by atoms with Crippen LogP contribution in [0, 0.1) is 6.92 Å². The maximum absolute atomic E-state index is 12.8. The molecule has 2 amide bonds. The maximum Gasteiger partial charge on any atom is 0.410 e. The largest absolute Gasteiger partial charge is 0.444 e. The van der Waals surface area contributed by atoms with Crippen LogP contribution in [-0.2, 0) is 9.53 Å². The molecule has 0 spiro atoms. The number of rotatable bonds is 2. The summed E-state index contributed by atoms with van der Waals surface area (Å²) in [6.07, 6.45) is 3.11. The summed E-state index contributed by atoms with van der Waals surface area (Å²) >= 11 is 6.46. The van der Waals surface area contributed by atoms with E-state index in [-0.39, 0.29) is 24.1 Å². The number of nitrogens with zero attached hydrogens (tertiary/aromatic N) is 4. The van der Waals surface area contributed by atoms with Gasteiger partial charge in [0.1, 0.15) is 11.4 Å². The lowest BCUT2D eigenvalue weighted by Gasteiger charge is -2.46. The molecule has 2 heterocycles. The summed E-state index contributed by atoms with van der Waals surface area (Å²) in [5, 5.41) is 0.540. The van der Waals surface area contributed by atoms with Crippen LogP contribution in [0.4, 0.5) is 4.79 Å². The van der Waals surface area contributed by atoms with Crippen molar-refractivity contribution in [1.82, 2.24) is 19.8 Å². The molecule has 1 fully saturated rings. The monoisotopic (exact) mass is 444 g/mol. The molecule has 8 heteroatoms. The maximum atomic E-state index is 12.8. The van der Waals surface area contributed by atoms with E-state index in [1.165, 1.54) is 0 Å². The van der Waals surface area contributed by atoms with Gasteiger partial charge in [-0.3, -0.25) is 4.79 Å². The number of hydrogen-bond donors (Lipinski definition) is 0. The second-order valence-electron chi connectivity index (χ2n) is 8.86. The van der Waals surface area contributed by atoms with Crippen molar-refractivity contribution in [2.45, 2.75) is 59.2 Å². The Kier molecular flexibility index (Phi) is 6.55. The van der Waals surface area contributed by atoms with Crippen LogP contribution in [0.5, 0.6) is 0 Å². The standard InChI is InChI=1S/C23H29ClN4O3/c1-14-21(28(16(3)29)8-7-27(14)22(30)31-23(4,5)6)18-9-17(10-20(24)11-18)19-12-25-15(2)26-13-19/h9-14,21H,7-8H2,1-6H3. The van der Waals surface area contributed by atoms with Crippen LogP contribution >= 0.6 is 11.6 Å². The van der Waals surface area contributed by atoms with Gasteiger partial charge in [-0.15, -0.1) is 0 Å². The van der Waals surface area contributed by atoms with Crippen molar-refractivity contribution in [1.29, 1.82) is 0 Å². The van der Waals surface area contributed by atoms with Gasteiger partial charge in [0.2, 0.25) is 5.91 Å². The fraction of sp³-hybridized carbons (Fsp3) is 0.478. The van der Waals surface area contributed by atoms with Gasteiger partial charge in [-0.2, -0.15) is 0 Å². The molecule has 31 heavy (non-hydrogen) atoms. The molecule has 1 aromatic carbocycles. The van der Waals surface area contributed by atoms with Gasteiger partial charge in [-0.05, 0) is 63.9 Å². The van der Waals surface area contributed by atoms with Crippen LogP contribution in [0.1, 0.15) is 52.0 Å². The van der Waals surface area contributed by atoms with Crippen molar-refractivity contribution >= 4 is 23.6 Å². The Morgan fingerprint density at radius 2 is 1.68 bits per heavy atom. The minimum atomic E-state index is -0.599. The average Bonchev–Trinajstić information content (AvgIpc) is 2.66. The zero-order valence-corrected chi connectivity index (χ0v) is 19.6. The van der Waals surface area contributed by atoms with Crippen molar-refractivity contribution in [3.63, 3.8) is 0 Å². The van der Waals surface area contributed by atoms with E-state index >= 15 is 0 Å². The average molecular weight is 445 g/mol. The normalized spacial score (nSPS) is 19.3. The number of carbonyl (C=O) groups is 2. The summed E-state index contributed by atoms with van der Waals surface area (Å²) in [6.45, 7) is 11.6. The van der Waals surface area contributed by atoms with Gasteiger partial charge >= 0.3 is 6.09 Å². The third kappa shape index (κ3) is 5.34. The molecule has 7 nitrogen and oxygen atoms in total. The molecule has 0 radical (unpaired) electrons. The summed E-state index contributed by atoms with van der Waals surface area (Å²) in [5.74, 6) is 0.628. The van der Waals surface area contributed by atoms with Crippen molar-refractivity contribution in [2.24, 2.45) is 0 Å². The molecule has 0 N–H and O–H groups in total. The van der Waals surface area contributed by atoms with E-state index in [1.807, 2.05) is 52.8 Å². The SMILES string of the molecule is CC(=O)N1CCN(C(=O)OC(C)(C)C)C(C)C1c1cc(Cl)cc(-c2cnc(C)nc2)c1. The van der Waals surface area contributed by atoms with Gasteiger partial charge in [0.05, 0.1) is 12.1 Å². The molecule has 0 saturated carbocycles. The lowest BCUT2D eigenvalue weighted by Crippen LogP contribution is -2.57. The predicted molar refractivity (Wildman–Crippen MR) is 120 cm³/mol. The van der Waals surface area contributed by atoms with Gasteiger partial charge in [0.25, 0.3) is 0 Å². The van der Waals surface area contributed by atoms with Crippen molar-refractivity contribution < 1.29 is 14.3 Å². The van der Waals surface area contributed by atoms with Crippen molar-refractivity contribution in [3.8, 4) is 11.1 Å². The Morgan fingerprint density at radius 3 is 2.26 bits per heavy atom. The van der Waals surface area contributed by atoms with Crippen LogP contribution in [-0.4, -0.2) is 56.5 Å². The van der Waals surface area contributed by atoms with Crippen LogP contribution < -0.4 is 0 Å². The first kappa shape index (κ1) is 23.0. The molecule has 0 bridgehead atoms. The fourth-order valence-electron chi connectivity index (χ4n) is 3.87. The van der Waals surface area contributed by atoms with E-state index in [9.17, 15) is 9.59 Å². The lowest BCUT2D eigenvalue weighted by molar-refractivity contribution is -0.136. The van der Waals surface area contributed by atoms with Crippen LogP contribution in [0.25, 0.3) is 11.1 Å². The number of aryl methyl sites for hydroxylation is 1. The molecule has 0 aliphatic carbocycles. The van der Waals surface area contributed by atoms with Gasteiger partial charge < -0.3 is 14.5 Å². The number of carbonyl (C=O) groups excluding carboxylic acids is 2. The molecule has 1 aromatic heterocycles. The van der Waals surface area contributed by atoms with Crippen LogP contribution in [0.3, 0.4) is 0 Å². The second-order valence-corrected chi connectivity index (χ2v) is 9.30. The van der Waals surface area contributed by atoms with Gasteiger partial charge in [0, 0.05) is 43.0 Å². The first-order valence-electron chi connectivity index (χ1n) is 10.3. The van der Waals surface area contributed by atoms with E-state index in [0.29, 0.717) is 23.9 Å². The highest BCUT2D eigenvalue weighted by atomic mass is 35.5. The third-order valence-corrected chi connectivity index (χ3v) is 5.49. The Morgan fingerprint density at radius 1 is 1.06 bits per heavy atom. The Hall–Kier alpha value is -2.67. The topological polar surface area (TPSA) is 75.6 Å². The zero-order valence-electron chi connectivity index (χ0n) is 18.8. The van der Waals surface area contributed by atoms with Crippen LogP contribution in [0.2, 0.25) is 5.02 Å². The number of benzene rings is 1. The molecule has 3 rings (SSSR count). The molecular weight excluding hydrogens is 416 g/mol. The van der Waals surface area contributed by atoms with E-state index in [4.69, 9.17) is 16.3 Å². The Labute approximate surface area is 188 Å². The fourth-order valence-corrected chi connectivity index (χ4v) is 4.11. The number of ether oxygens (including phenoxy) is 1. The van der Waals surface area contributed by atoms with Crippen LogP contribution in [0.15, 0.2) is 30.6 Å². The molecule has 2 unspecified atom stereocenters. The summed E-state index contributed by atoms with van der Waals surface area (Å²) < 4.78 is 5.60. The predicted octanol–water partition coefficient (Wildman–Crippen LogP) is 4.63. The van der Waals surface area contributed by atoms with E-state index < -0.39 is 5.60 Å². The highest BCUT2D eigenvalue weighted by Crippen LogP contribution is 2.36. The number of halogens is 1.